The van der Waals surface area contributed by atoms with Crippen molar-refractivity contribution in [2.75, 3.05) is 0 Å². The van der Waals surface area contributed by atoms with Crippen LogP contribution in [0.1, 0.15) is 25.7 Å². The zero-order valence-electron chi connectivity index (χ0n) is 8.30. The predicted octanol–water partition coefficient (Wildman–Crippen LogP) is 4.11. The highest BCUT2D eigenvalue weighted by Gasteiger charge is 2.35. The van der Waals surface area contributed by atoms with Gasteiger partial charge >= 0.3 is 6.18 Å². The smallest absolute Gasteiger partial charge is 0.210 e. The molecule has 0 N–H and O–H groups in total. The SMILES string of the molecule is FC(F)(F)C1=C[SH](C2CC[CH]CC2)C=C1. The van der Waals surface area contributed by atoms with Gasteiger partial charge in [0.1, 0.15) is 0 Å². The van der Waals surface area contributed by atoms with E-state index in [4.69, 9.17) is 0 Å². The maximum absolute atomic E-state index is 12.4. The van der Waals surface area contributed by atoms with Crippen molar-refractivity contribution in [2.24, 2.45) is 0 Å². The number of hydrogen-bond donors (Lipinski definition) is 1. The average Bonchev–Trinajstić information content (AvgIpc) is 2.67. The van der Waals surface area contributed by atoms with Crippen LogP contribution in [0.3, 0.4) is 0 Å². The second-order valence-electron chi connectivity index (χ2n) is 3.94. The molecule has 2 aliphatic rings. The third-order valence-corrected chi connectivity index (χ3v) is 5.30. The summed E-state index contributed by atoms with van der Waals surface area (Å²) in [5, 5.41) is 3.69. The van der Waals surface area contributed by atoms with Crippen LogP contribution in [0.4, 0.5) is 13.2 Å². The first-order chi connectivity index (χ1) is 7.07. The zero-order chi connectivity index (χ0) is 10.9. The van der Waals surface area contributed by atoms with E-state index in [1.165, 1.54) is 11.5 Å². The molecule has 1 aliphatic heterocycles. The minimum Gasteiger partial charge on any atom is -0.210 e. The fourth-order valence-electron chi connectivity index (χ4n) is 2.02. The van der Waals surface area contributed by atoms with E-state index in [2.05, 4.69) is 6.42 Å². The quantitative estimate of drug-likeness (QED) is 0.650. The summed E-state index contributed by atoms with van der Waals surface area (Å²) >= 11 is 0. The first-order valence-electron chi connectivity index (χ1n) is 5.14. The van der Waals surface area contributed by atoms with Crippen molar-refractivity contribution in [2.45, 2.75) is 37.1 Å². The molecular weight excluding hydrogens is 221 g/mol. The first kappa shape index (κ1) is 11.1. The second kappa shape index (κ2) is 4.24. The van der Waals surface area contributed by atoms with Gasteiger partial charge in [-0.05, 0) is 54.2 Å². The molecule has 0 spiro atoms. The molecule has 1 saturated carbocycles. The molecule has 4 heteroatoms. The van der Waals surface area contributed by atoms with Crippen molar-refractivity contribution in [3.05, 3.63) is 28.9 Å². The lowest BCUT2D eigenvalue weighted by atomic mass is 10.0. The molecule has 1 unspecified atom stereocenters. The second-order valence-corrected chi connectivity index (χ2v) is 6.12. The van der Waals surface area contributed by atoms with E-state index in [9.17, 15) is 13.2 Å². The van der Waals surface area contributed by atoms with Crippen LogP contribution < -0.4 is 0 Å². The minimum absolute atomic E-state index is 0.442. The first-order valence-corrected chi connectivity index (χ1v) is 6.68. The summed E-state index contributed by atoms with van der Waals surface area (Å²) in [4.78, 5) is 0. The van der Waals surface area contributed by atoms with Crippen LogP contribution in [0.2, 0.25) is 0 Å². The van der Waals surface area contributed by atoms with Gasteiger partial charge in [0.05, 0.1) is 5.57 Å². The zero-order valence-corrected chi connectivity index (χ0v) is 9.19. The Balaban J connectivity index is 2.02. The Kier molecular flexibility index (Phi) is 3.14. The molecule has 0 aromatic rings. The lowest BCUT2D eigenvalue weighted by Gasteiger charge is -2.27. The van der Waals surface area contributed by atoms with Crippen molar-refractivity contribution in [3.63, 3.8) is 0 Å². The number of hydrogen-bond acceptors (Lipinski definition) is 0. The number of rotatable bonds is 1. The van der Waals surface area contributed by atoms with E-state index < -0.39 is 22.6 Å². The Hall–Kier alpha value is -0.380. The Bertz CT molecular complexity index is 285. The maximum atomic E-state index is 12.4. The van der Waals surface area contributed by atoms with E-state index in [1.807, 2.05) is 0 Å². The van der Waals surface area contributed by atoms with Gasteiger partial charge in [-0.25, -0.2) is 10.9 Å². The van der Waals surface area contributed by atoms with Crippen molar-refractivity contribution in [1.82, 2.24) is 0 Å². The van der Waals surface area contributed by atoms with Gasteiger partial charge in [-0.3, -0.25) is 0 Å². The molecule has 1 heterocycles. The summed E-state index contributed by atoms with van der Waals surface area (Å²) in [6, 6.07) is 0. The number of allylic oxidation sites excluding steroid dienone is 2. The highest BCUT2D eigenvalue weighted by molar-refractivity contribution is 8.22. The van der Waals surface area contributed by atoms with Crippen molar-refractivity contribution in [3.8, 4) is 0 Å². The van der Waals surface area contributed by atoms with E-state index in [0.29, 0.717) is 5.25 Å². The minimum atomic E-state index is -4.16. The van der Waals surface area contributed by atoms with Gasteiger partial charge in [0, 0.05) is 0 Å². The Morgan fingerprint density at radius 3 is 2.40 bits per heavy atom. The number of alkyl halides is 3. The lowest BCUT2D eigenvalue weighted by Crippen LogP contribution is -2.11. The van der Waals surface area contributed by atoms with Crippen LogP contribution in [0.5, 0.6) is 0 Å². The van der Waals surface area contributed by atoms with Crippen LogP contribution in [0, 0.1) is 6.42 Å². The molecule has 0 bridgehead atoms. The van der Waals surface area contributed by atoms with Crippen LogP contribution in [-0.4, -0.2) is 11.4 Å². The van der Waals surface area contributed by atoms with E-state index in [1.54, 1.807) is 5.41 Å². The normalized spacial score (nSPS) is 30.6. The molecule has 0 aromatic heterocycles. The molecule has 0 saturated heterocycles. The monoisotopic (exact) mass is 235 g/mol. The number of halogens is 3. The topological polar surface area (TPSA) is 0 Å². The maximum Gasteiger partial charge on any atom is 0.416 e. The van der Waals surface area contributed by atoms with Crippen molar-refractivity contribution >= 4 is 10.9 Å². The molecule has 2 rings (SSSR count). The molecule has 85 valence electrons. The standard InChI is InChI=1S/C11H14F3S/c12-11(13,14)9-6-7-15(8-9)10-4-2-1-3-5-10/h1,6-8,10,15H,2-5H2. The largest absolute Gasteiger partial charge is 0.416 e. The van der Waals surface area contributed by atoms with Gasteiger partial charge in [0.2, 0.25) is 0 Å². The molecule has 1 aliphatic carbocycles. The third kappa shape index (κ3) is 2.60. The van der Waals surface area contributed by atoms with Crippen LogP contribution >= 0.6 is 10.9 Å². The Morgan fingerprint density at radius 2 is 1.87 bits per heavy atom. The summed E-state index contributed by atoms with van der Waals surface area (Å²) in [6.45, 7) is 0. The van der Waals surface area contributed by atoms with Crippen LogP contribution in [0.25, 0.3) is 0 Å². The van der Waals surface area contributed by atoms with Gasteiger partial charge in [0.25, 0.3) is 0 Å². The molecule has 1 radical (unpaired) electrons. The average molecular weight is 235 g/mol. The fourth-order valence-corrected chi connectivity index (χ4v) is 4.34. The third-order valence-electron chi connectivity index (χ3n) is 2.87. The van der Waals surface area contributed by atoms with Crippen molar-refractivity contribution in [1.29, 1.82) is 0 Å². The molecule has 1 atom stereocenters. The summed E-state index contributed by atoms with van der Waals surface area (Å²) in [5.41, 5.74) is -0.442. The molecular formula is C11H14F3S. The Labute approximate surface area is 90.6 Å². The van der Waals surface area contributed by atoms with Gasteiger partial charge < -0.3 is 0 Å². The molecule has 0 amide bonds. The van der Waals surface area contributed by atoms with E-state index in [-0.39, 0.29) is 0 Å². The van der Waals surface area contributed by atoms with Gasteiger partial charge in [-0.2, -0.15) is 13.2 Å². The summed E-state index contributed by atoms with van der Waals surface area (Å²) < 4.78 is 37.2. The summed E-state index contributed by atoms with van der Waals surface area (Å²) in [6.07, 6.45) is 3.56. The Morgan fingerprint density at radius 1 is 1.20 bits per heavy atom. The molecule has 1 fully saturated rings. The van der Waals surface area contributed by atoms with Gasteiger partial charge in [-0.1, -0.05) is 0 Å². The fraction of sp³-hybridized carbons (Fsp3) is 0.545. The molecule has 15 heavy (non-hydrogen) atoms. The summed E-state index contributed by atoms with van der Waals surface area (Å²) in [5.74, 6) is 0. The highest BCUT2D eigenvalue weighted by Crippen LogP contribution is 2.49. The van der Waals surface area contributed by atoms with Crippen LogP contribution in [-0.2, 0) is 0 Å². The molecule has 0 aromatic carbocycles. The molecule has 0 nitrogen and oxygen atoms in total. The highest BCUT2D eigenvalue weighted by atomic mass is 32.2. The van der Waals surface area contributed by atoms with Crippen LogP contribution in [0.15, 0.2) is 22.5 Å². The van der Waals surface area contributed by atoms with E-state index >= 15 is 0 Å². The predicted molar refractivity (Wildman–Crippen MR) is 58.8 cm³/mol. The van der Waals surface area contributed by atoms with Crippen molar-refractivity contribution < 1.29 is 13.2 Å². The summed E-state index contributed by atoms with van der Waals surface area (Å²) in [7, 11) is -0.649. The van der Waals surface area contributed by atoms with E-state index in [0.717, 1.165) is 25.7 Å². The lowest BCUT2D eigenvalue weighted by molar-refractivity contribution is -0.0878. The van der Waals surface area contributed by atoms with Gasteiger partial charge in [0.15, 0.2) is 0 Å². The van der Waals surface area contributed by atoms with Gasteiger partial charge in [-0.15, -0.1) is 0 Å². The number of thiol groups is 1.